The molecule has 0 fully saturated rings. The maximum atomic E-state index is 5.46. The Morgan fingerprint density at radius 1 is 1.35 bits per heavy atom. The summed E-state index contributed by atoms with van der Waals surface area (Å²) in [7, 11) is 1.64. The molecule has 1 N–H and O–H groups in total. The Morgan fingerprint density at radius 2 is 2.29 bits per heavy atom. The van der Waals surface area contributed by atoms with Gasteiger partial charge in [0.05, 0.1) is 25.1 Å². The highest BCUT2D eigenvalue weighted by Crippen LogP contribution is 2.13. The van der Waals surface area contributed by atoms with Crippen LogP contribution < -0.4 is 5.32 Å². The molecule has 90 valence electrons. The summed E-state index contributed by atoms with van der Waals surface area (Å²) in [6, 6.07) is 5.72. The zero-order valence-electron chi connectivity index (χ0n) is 9.67. The summed E-state index contributed by atoms with van der Waals surface area (Å²) in [6.07, 6.45) is 5.07. The van der Waals surface area contributed by atoms with Gasteiger partial charge in [-0.2, -0.15) is 0 Å². The lowest BCUT2D eigenvalue weighted by Gasteiger charge is -2.17. The second kappa shape index (κ2) is 6.12. The largest absolute Gasteiger partial charge is 0.382 e. The lowest BCUT2D eigenvalue weighted by Crippen LogP contribution is -2.32. The highest BCUT2D eigenvalue weighted by Gasteiger charge is 2.10. The maximum absolute atomic E-state index is 5.46. The quantitative estimate of drug-likeness (QED) is 0.772. The molecule has 0 saturated carbocycles. The number of nitrogens with one attached hydrogen (secondary N) is 1. The van der Waals surface area contributed by atoms with Crippen molar-refractivity contribution in [3.63, 3.8) is 0 Å². The average Bonchev–Trinajstić information content (AvgIpc) is 2.41. The Hall–Kier alpha value is -1.72. The van der Waals surface area contributed by atoms with Crippen molar-refractivity contribution in [1.29, 1.82) is 0 Å². The smallest absolute Gasteiger partial charge is 0.163 e. The summed E-state index contributed by atoms with van der Waals surface area (Å²) in [5, 5.41) is 3.10. The molecule has 0 spiro atoms. The molecule has 5 nitrogen and oxygen atoms in total. The molecule has 0 saturated heterocycles. The Balaban J connectivity index is 1.88. The first-order valence-corrected chi connectivity index (χ1v) is 5.42. The Labute approximate surface area is 100 Å². The minimum atomic E-state index is -0.197. The zero-order valence-corrected chi connectivity index (χ0v) is 9.67. The molecule has 0 bridgehead atoms. The summed E-state index contributed by atoms with van der Waals surface area (Å²) >= 11 is 0. The number of ether oxygens (including phenoxy) is 2. The normalized spacial score (nSPS) is 18.6. The Morgan fingerprint density at radius 3 is 2.94 bits per heavy atom. The van der Waals surface area contributed by atoms with E-state index in [0.717, 1.165) is 11.4 Å². The molecule has 0 radical (unpaired) electrons. The van der Waals surface area contributed by atoms with Gasteiger partial charge in [-0.25, -0.2) is 0 Å². The van der Waals surface area contributed by atoms with Crippen molar-refractivity contribution in [3.05, 3.63) is 36.3 Å². The van der Waals surface area contributed by atoms with Crippen molar-refractivity contribution in [2.45, 2.75) is 6.23 Å². The van der Waals surface area contributed by atoms with Crippen LogP contribution in [0.25, 0.3) is 5.70 Å². The molecule has 1 aliphatic rings. The molecule has 2 heterocycles. The Bertz CT molecular complexity index is 403. The lowest BCUT2D eigenvalue weighted by molar-refractivity contribution is 0.0413. The van der Waals surface area contributed by atoms with Crippen LogP contribution in [0.5, 0.6) is 0 Å². The van der Waals surface area contributed by atoms with Crippen LogP contribution in [0, 0.1) is 0 Å². The molecule has 17 heavy (non-hydrogen) atoms. The number of methoxy groups -OCH3 is 1. The summed E-state index contributed by atoms with van der Waals surface area (Å²) in [5.41, 5.74) is 1.64. The summed E-state index contributed by atoms with van der Waals surface area (Å²) in [5.74, 6) is 0. The van der Waals surface area contributed by atoms with Gasteiger partial charge >= 0.3 is 0 Å². The van der Waals surface area contributed by atoms with Gasteiger partial charge in [-0.3, -0.25) is 9.98 Å². The van der Waals surface area contributed by atoms with Gasteiger partial charge in [0.25, 0.3) is 0 Å². The first-order valence-electron chi connectivity index (χ1n) is 5.42. The fourth-order valence-corrected chi connectivity index (χ4v) is 1.39. The molecular formula is C12H15N3O2. The van der Waals surface area contributed by atoms with E-state index < -0.39 is 0 Å². The van der Waals surface area contributed by atoms with Crippen LogP contribution in [0.3, 0.4) is 0 Å². The van der Waals surface area contributed by atoms with Crippen molar-refractivity contribution in [1.82, 2.24) is 10.3 Å². The molecule has 0 amide bonds. The topological polar surface area (TPSA) is 55.7 Å². The monoisotopic (exact) mass is 233 g/mol. The van der Waals surface area contributed by atoms with E-state index in [0.29, 0.717) is 13.2 Å². The summed E-state index contributed by atoms with van der Waals surface area (Å²) in [6.45, 7) is 1.11. The van der Waals surface area contributed by atoms with E-state index >= 15 is 0 Å². The lowest BCUT2D eigenvalue weighted by atomic mass is 10.3. The molecule has 1 unspecified atom stereocenters. The molecule has 0 aliphatic carbocycles. The van der Waals surface area contributed by atoms with E-state index in [-0.39, 0.29) is 6.23 Å². The van der Waals surface area contributed by atoms with Gasteiger partial charge in [0.15, 0.2) is 6.23 Å². The highest BCUT2D eigenvalue weighted by atomic mass is 16.5. The average molecular weight is 233 g/mol. The zero-order chi connectivity index (χ0) is 11.9. The highest BCUT2D eigenvalue weighted by molar-refractivity contribution is 5.77. The van der Waals surface area contributed by atoms with E-state index in [1.165, 1.54) is 0 Å². The fraction of sp³-hybridized carbons (Fsp3) is 0.333. The van der Waals surface area contributed by atoms with Gasteiger partial charge in [0.1, 0.15) is 5.70 Å². The third-order valence-corrected chi connectivity index (χ3v) is 2.25. The van der Waals surface area contributed by atoms with Crippen molar-refractivity contribution < 1.29 is 9.47 Å². The third-order valence-electron chi connectivity index (χ3n) is 2.25. The first-order chi connectivity index (χ1) is 8.40. The number of hydrogen-bond acceptors (Lipinski definition) is 5. The van der Waals surface area contributed by atoms with E-state index in [4.69, 9.17) is 9.47 Å². The molecule has 1 aromatic rings. The van der Waals surface area contributed by atoms with Crippen LogP contribution in [0.2, 0.25) is 0 Å². The summed E-state index contributed by atoms with van der Waals surface area (Å²) < 4.78 is 10.4. The van der Waals surface area contributed by atoms with Gasteiger partial charge in [0, 0.05) is 19.5 Å². The van der Waals surface area contributed by atoms with Gasteiger partial charge in [-0.1, -0.05) is 6.07 Å². The summed E-state index contributed by atoms with van der Waals surface area (Å²) in [4.78, 5) is 8.53. The molecule has 0 aromatic carbocycles. The van der Waals surface area contributed by atoms with E-state index in [9.17, 15) is 0 Å². The second-order valence-electron chi connectivity index (χ2n) is 3.47. The van der Waals surface area contributed by atoms with E-state index in [2.05, 4.69) is 15.3 Å². The van der Waals surface area contributed by atoms with Gasteiger partial charge < -0.3 is 14.8 Å². The third kappa shape index (κ3) is 3.37. The van der Waals surface area contributed by atoms with Gasteiger partial charge in [-0.15, -0.1) is 0 Å². The predicted molar refractivity (Wildman–Crippen MR) is 65.5 cm³/mol. The molecule has 2 rings (SSSR count). The fourth-order valence-electron chi connectivity index (χ4n) is 1.39. The standard InChI is InChI=1S/C12H15N3O2/c1-16-6-7-17-12-9-14-11(8-15-12)10-4-2-3-5-13-10/h2-5,8-9,12,15H,6-7H2,1H3. The van der Waals surface area contributed by atoms with Crippen molar-refractivity contribution in [3.8, 4) is 0 Å². The predicted octanol–water partition coefficient (Wildman–Crippen LogP) is 1.04. The van der Waals surface area contributed by atoms with Crippen LogP contribution in [-0.2, 0) is 9.47 Å². The SMILES string of the molecule is COCCOC1C=NC(c2ccccn2)=CN1. The molecule has 1 aromatic heterocycles. The molecule has 5 heteroatoms. The minimum absolute atomic E-state index is 0.197. The van der Waals surface area contributed by atoms with Crippen LogP contribution in [0.15, 0.2) is 35.6 Å². The number of hydrogen-bond donors (Lipinski definition) is 1. The molecule has 1 aliphatic heterocycles. The number of nitrogens with zero attached hydrogens (tertiary/aromatic N) is 2. The first kappa shape index (κ1) is 11.8. The molecule has 1 atom stereocenters. The van der Waals surface area contributed by atoms with Gasteiger partial charge in [0.2, 0.25) is 0 Å². The van der Waals surface area contributed by atoms with Crippen molar-refractivity contribution in [2.24, 2.45) is 4.99 Å². The Kier molecular flexibility index (Phi) is 4.23. The van der Waals surface area contributed by atoms with Crippen molar-refractivity contribution >= 4 is 11.9 Å². The maximum Gasteiger partial charge on any atom is 0.163 e. The van der Waals surface area contributed by atoms with Crippen LogP contribution >= 0.6 is 0 Å². The van der Waals surface area contributed by atoms with E-state index in [1.54, 1.807) is 25.7 Å². The molecular weight excluding hydrogens is 218 g/mol. The van der Waals surface area contributed by atoms with Gasteiger partial charge in [-0.05, 0) is 12.1 Å². The number of pyridine rings is 1. The minimum Gasteiger partial charge on any atom is -0.382 e. The van der Waals surface area contributed by atoms with Crippen molar-refractivity contribution in [2.75, 3.05) is 20.3 Å². The van der Waals surface area contributed by atoms with Crippen LogP contribution in [0.1, 0.15) is 5.69 Å². The van der Waals surface area contributed by atoms with E-state index in [1.807, 2.05) is 18.2 Å². The van der Waals surface area contributed by atoms with Crippen LogP contribution in [0.4, 0.5) is 0 Å². The number of aliphatic imine (C=N–C) groups is 1. The number of rotatable bonds is 5. The van der Waals surface area contributed by atoms with Crippen LogP contribution in [-0.4, -0.2) is 37.8 Å². The second-order valence-corrected chi connectivity index (χ2v) is 3.47. The number of aromatic nitrogens is 1.